The number of rotatable bonds is 8. The summed E-state index contributed by atoms with van der Waals surface area (Å²) < 4.78 is 61.6. The third kappa shape index (κ3) is 7.27. The number of nitrogens with one attached hydrogen (secondary N) is 1. The number of hydrogen-bond donors (Lipinski definition) is 2. The summed E-state index contributed by atoms with van der Waals surface area (Å²) in [6.45, 7) is 1.29. The van der Waals surface area contributed by atoms with Crippen LogP contribution in [-0.4, -0.2) is 45.6 Å². The van der Waals surface area contributed by atoms with Gasteiger partial charge in [0, 0.05) is 18.3 Å². The summed E-state index contributed by atoms with van der Waals surface area (Å²) in [5.41, 5.74) is -1.99. The standard InChI is InChI=1S/C23H21F4N3O5/c1-22(2,33)12-34-18-10-14(24)5-7-17(18)30-9-3-4-16(21(30)32)20(31)29-15-6-8-19(28-11-15)35-13-23(25,26)27/h3-11,33H,12-13H2,1-2H3,(H,29,31). The van der Waals surface area contributed by atoms with Crippen LogP contribution in [0, 0.1) is 5.82 Å². The van der Waals surface area contributed by atoms with Crippen LogP contribution in [0.2, 0.25) is 0 Å². The van der Waals surface area contributed by atoms with Gasteiger partial charge in [-0.15, -0.1) is 0 Å². The van der Waals surface area contributed by atoms with Gasteiger partial charge in [-0.3, -0.25) is 14.2 Å². The summed E-state index contributed by atoms with van der Waals surface area (Å²) in [5.74, 6) is -1.75. The van der Waals surface area contributed by atoms with E-state index in [0.717, 1.165) is 29.0 Å². The van der Waals surface area contributed by atoms with E-state index in [0.29, 0.717) is 0 Å². The fourth-order valence-corrected chi connectivity index (χ4v) is 2.81. The maximum absolute atomic E-state index is 13.8. The zero-order valence-corrected chi connectivity index (χ0v) is 18.6. The second-order valence-corrected chi connectivity index (χ2v) is 8.05. The Morgan fingerprint density at radius 1 is 1.11 bits per heavy atom. The first kappa shape index (κ1) is 25.7. The number of alkyl halides is 3. The summed E-state index contributed by atoms with van der Waals surface area (Å²) in [5, 5.41) is 12.3. The Balaban J connectivity index is 1.82. The van der Waals surface area contributed by atoms with E-state index in [1.807, 2.05) is 0 Å². The molecule has 1 aromatic carbocycles. The lowest BCUT2D eigenvalue weighted by Gasteiger charge is -2.20. The van der Waals surface area contributed by atoms with Crippen molar-refractivity contribution in [1.82, 2.24) is 9.55 Å². The number of aromatic nitrogens is 2. The van der Waals surface area contributed by atoms with Crippen LogP contribution >= 0.6 is 0 Å². The van der Waals surface area contributed by atoms with E-state index in [1.165, 1.54) is 44.3 Å². The maximum atomic E-state index is 13.8. The van der Waals surface area contributed by atoms with Crippen molar-refractivity contribution < 1.29 is 36.9 Å². The average Bonchev–Trinajstić information content (AvgIpc) is 2.77. The van der Waals surface area contributed by atoms with E-state index in [2.05, 4.69) is 15.0 Å². The van der Waals surface area contributed by atoms with Crippen LogP contribution in [0.25, 0.3) is 5.69 Å². The largest absolute Gasteiger partial charge is 0.488 e. The molecule has 0 bridgehead atoms. The Morgan fingerprint density at radius 2 is 1.86 bits per heavy atom. The van der Waals surface area contributed by atoms with Crippen molar-refractivity contribution in [3.05, 3.63) is 76.6 Å². The van der Waals surface area contributed by atoms with Crippen LogP contribution in [0.4, 0.5) is 23.2 Å². The molecule has 3 rings (SSSR count). The Kier molecular flexibility index (Phi) is 7.44. The summed E-state index contributed by atoms with van der Waals surface area (Å²) in [6, 6.07) is 8.54. The predicted octanol–water partition coefficient (Wildman–Crippen LogP) is 3.71. The van der Waals surface area contributed by atoms with E-state index in [1.54, 1.807) is 0 Å². The second-order valence-electron chi connectivity index (χ2n) is 8.05. The zero-order chi connectivity index (χ0) is 25.8. The van der Waals surface area contributed by atoms with E-state index in [9.17, 15) is 32.3 Å². The Labute approximate surface area is 196 Å². The zero-order valence-electron chi connectivity index (χ0n) is 18.6. The lowest BCUT2D eigenvalue weighted by Crippen LogP contribution is -2.30. The normalized spacial score (nSPS) is 11.7. The molecule has 0 aliphatic rings. The number of amides is 1. The number of pyridine rings is 2. The fraction of sp³-hybridized carbons (Fsp3) is 0.261. The Hall–Kier alpha value is -3.93. The van der Waals surface area contributed by atoms with Gasteiger partial charge in [-0.2, -0.15) is 13.2 Å². The molecule has 2 aromatic heterocycles. The van der Waals surface area contributed by atoms with E-state index in [-0.39, 0.29) is 35.2 Å². The van der Waals surface area contributed by atoms with Crippen molar-refractivity contribution >= 4 is 11.6 Å². The van der Waals surface area contributed by atoms with Gasteiger partial charge in [-0.1, -0.05) is 0 Å². The maximum Gasteiger partial charge on any atom is 0.422 e. The Morgan fingerprint density at radius 3 is 2.49 bits per heavy atom. The number of nitrogens with zero attached hydrogens (tertiary/aromatic N) is 2. The van der Waals surface area contributed by atoms with Crippen molar-refractivity contribution in [3.63, 3.8) is 0 Å². The molecule has 186 valence electrons. The lowest BCUT2D eigenvalue weighted by molar-refractivity contribution is -0.154. The molecule has 3 aromatic rings. The average molecular weight is 495 g/mol. The van der Waals surface area contributed by atoms with Crippen molar-refractivity contribution in [1.29, 1.82) is 0 Å². The van der Waals surface area contributed by atoms with Crippen LogP contribution < -0.4 is 20.3 Å². The molecule has 0 fully saturated rings. The smallest absolute Gasteiger partial charge is 0.422 e. The van der Waals surface area contributed by atoms with Gasteiger partial charge >= 0.3 is 6.18 Å². The molecular formula is C23H21F4N3O5. The highest BCUT2D eigenvalue weighted by atomic mass is 19.4. The minimum atomic E-state index is -4.52. The molecule has 2 N–H and O–H groups in total. The second kappa shape index (κ2) is 10.1. The van der Waals surface area contributed by atoms with Crippen LogP contribution in [-0.2, 0) is 0 Å². The lowest BCUT2D eigenvalue weighted by atomic mass is 10.1. The summed E-state index contributed by atoms with van der Waals surface area (Å²) in [7, 11) is 0. The summed E-state index contributed by atoms with van der Waals surface area (Å²) in [6.07, 6.45) is -2.09. The molecule has 0 atom stereocenters. The fourth-order valence-electron chi connectivity index (χ4n) is 2.81. The third-order valence-corrected chi connectivity index (χ3v) is 4.33. The van der Waals surface area contributed by atoms with Crippen molar-refractivity contribution in [3.8, 4) is 17.3 Å². The minimum Gasteiger partial charge on any atom is -0.488 e. The van der Waals surface area contributed by atoms with Crippen LogP contribution in [0.1, 0.15) is 24.2 Å². The molecular weight excluding hydrogens is 474 g/mol. The minimum absolute atomic E-state index is 0.0228. The number of anilines is 1. The van der Waals surface area contributed by atoms with Gasteiger partial charge in [0.2, 0.25) is 5.88 Å². The molecule has 8 nitrogen and oxygen atoms in total. The molecule has 0 saturated carbocycles. The van der Waals surface area contributed by atoms with Crippen molar-refractivity contribution in [2.45, 2.75) is 25.6 Å². The highest BCUT2D eigenvalue weighted by Gasteiger charge is 2.28. The molecule has 0 radical (unpaired) electrons. The van der Waals surface area contributed by atoms with Crippen LogP contribution in [0.5, 0.6) is 11.6 Å². The molecule has 1 amide bonds. The SMILES string of the molecule is CC(C)(O)COc1cc(F)ccc1-n1cccc(C(=O)Nc2ccc(OCC(F)(F)F)nc2)c1=O. The molecule has 0 saturated heterocycles. The predicted molar refractivity (Wildman–Crippen MR) is 118 cm³/mol. The molecule has 12 heteroatoms. The molecule has 35 heavy (non-hydrogen) atoms. The first-order valence-corrected chi connectivity index (χ1v) is 10.2. The highest BCUT2D eigenvalue weighted by Crippen LogP contribution is 2.24. The van der Waals surface area contributed by atoms with E-state index >= 15 is 0 Å². The van der Waals surface area contributed by atoms with Gasteiger partial charge in [0.15, 0.2) is 6.61 Å². The number of benzene rings is 1. The number of ether oxygens (including phenoxy) is 2. The van der Waals surface area contributed by atoms with Gasteiger partial charge in [0.05, 0.1) is 23.2 Å². The van der Waals surface area contributed by atoms with Crippen LogP contribution in [0.15, 0.2) is 59.7 Å². The van der Waals surface area contributed by atoms with Gasteiger partial charge in [0.1, 0.15) is 23.7 Å². The molecule has 2 heterocycles. The van der Waals surface area contributed by atoms with Gasteiger partial charge in [-0.25, -0.2) is 9.37 Å². The van der Waals surface area contributed by atoms with Gasteiger partial charge < -0.3 is 19.9 Å². The first-order valence-electron chi connectivity index (χ1n) is 10.2. The van der Waals surface area contributed by atoms with E-state index < -0.39 is 35.7 Å². The quantitative estimate of drug-likeness (QED) is 0.462. The number of carbonyl (C=O) groups excluding carboxylic acids is 1. The Bertz CT molecular complexity index is 1250. The number of halogens is 4. The monoisotopic (exact) mass is 495 g/mol. The molecule has 0 aliphatic heterocycles. The van der Waals surface area contributed by atoms with Crippen molar-refractivity contribution in [2.75, 3.05) is 18.5 Å². The third-order valence-electron chi connectivity index (χ3n) is 4.33. The van der Waals surface area contributed by atoms with Gasteiger partial charge in [0.25, 0.3) is 11.5 Å². The number of hydrogen-bond acceptors (Lipinski definition) is 6. The molecule has 0 unspecified atom stereocenters. The summed E-state index contributed by atoms with van der Waals surface area (Å²) in [4.78, 5) is 29.4. The number of carbonyl (C=O) groups is 1. The summed E-state index contributed by atoms with van der Waals surface area (Å²) >= 11 is 0. The van der Waals surface area contributed by atoms with Crippen LogP contribution in [0.3, 0.4) is 0 Å². The molecule has 0 spiro atoms. The van der Waals surface area contributed by atoms with E-state index in [4.69, 9.17) is 4.74 Å². The topological polar surface area (TPSA) is 103 Å². The molecule has 0 aliphatic carbocycles. The highest BCUT2D eigenvalue weighted by molar-refractivity contribution is 6.03. The first-order chi connectivity index (χ1) is 16.3. The van der Waals surface area contributed by atoms with Crippen molar-refractivity contribution in [2.24, 2.45) is 0 Å². The van der Waals surface area contributed by atoms with Gasteiger partial charge in [-0.05, 0) is 44.2 Å². The number of aliphatic hydroxyl groups is 1.